The summed E-state index contributed by atoms with van der Waals surface area (Å²) < 4.78 is 2.59. The number of halogens is 1. The Kier molecular flexibility index (Phi) is 4.46. The Bertz CT molecular complexity index is 730. The first-order valence-electron chi connectivity index (χ1n) is 5.93. The van der Waals surface area contributed by atoms with Crippen LogP contribution in [0.5, 0.6) is 0 Å². The predicted molar refractivity (Wildman–Crippen MR) is 75.5 cm³/mol. The molecule has 0 unspecified atom stereocenters. The number of hydrazone groups is 1. The van der Waals surface area contributed by atoms with E-state index >= 15 is 0 Å². The van der Waals surface area contributed by atoms with Crippen molar-refractivity contribution < 1.29 is 9.72 Å². The molecule has 22 heavy (non-hydrogen) atoms. The molecule has 0 radical (unpaired) electrons. The molecule has 0 fully saturated rings. The van der Waals surface area contributed by atoms with Crippen LogP contribution in [0.15, 0.2) is 17.5 Å². The van der Waals surface area contributed by atoms with Crippen molar-refractivity contribution in [3.05, 3.63) is 33.4 Å². The van der Waals surface area contributed by atoms with Crippen molar-refractivity contribution in [1.82, 2.24) is 30.0 Å². The van der Waals surface area contributed by atoms with Crippen LogP contribution >= 0.6 is 11.6 Å². The SMILES string of the molecule is C/C(Cn1cnc([N+](=O)[O-])n1)=N\NC(=O)c1cc(Cl)n(C)n1. The number of nitrogens with zero attached hydrogens (tertiary/aromatic N) is 7. The maximum absolute atomic E-state index is 11.8. The van der Waals surface area contributed by atoms with Crippen LogP contribution in [0.2, 0.25) is 5.15 Å². The Morgan fingerprint density at radius 1 is 1.55 bits per heavy atom. The zero-order chi connectivity index (χ0) is 16.3. The van der Waals surface area contributed by atoms with E-state index in [9.17, 15) is 14.9 Å². The summed E-state index contributed by atoms with van der Waals surface area (Å²) in [6.07, 6.45) is 1.21. The lowest BCUT2D eigenvalue weighted by atomic mass is 10.4. The minimum absolute atomic E-state index is 0.125. The van der Waals surface area contributed by atoms with Gasteiger partial charge in [-0.25, -0.2) is 5.43 Å². The molecule has 1 N–H and O–H groups in total. The Hall–Kier alpha value is -2.82. The average molecular weight is 327 g/mol. The first kappa shape index (κ1) is 15.6. The highest BCUT2D eigenvalue weighted by Gasteiger charge is 2.14. The van der Waals surface area contributed by atoms with Gasteiger partial charge in [0.15, 0.2) is 5.69 Å². The van der Waals surface area contributed by atoms with Gasteiger partial charge >= 0.3 is 5.95 Å². The molecule has 2 aromatic rings. The predicted octanol–water partition coefficient (Wildman–Crippen LogP) is 0.379. The molecule has 2 heterocycles. The molecule has 2 aromatic heterocycles. The molecule has 0 aromatic carbocycles. The number of hydrogen-bond donors (Lipinski definition) is 1. The van der Waals surface area contributed by atoms with Gasteiger partial charge in [0.1, 0.15) is 5.15 Å². The Labute approximate surface area is 128 Å². The quantitative estimate of drug-likeness (QED) is 0.479. The second kappa shape index (κ2) is 6.30. The highest BCUT2D eigenvalue weighted by atomic mass is 35.5. The molecule has 0 saturated carbocycles. The van der Waals surface area contributed by atoms with Gasteiger partial charge in [-0.05, 0) is 11.8 Å². The summed E-state index contributed by atoms with van der Waals surface area (Å²) in [7, 11) is 1.60. The molecule has 0 saturated heterocycles. The first-order chi connectivity index (χ1) is 10.4. The van der Waals surface area contributed by atoms with Gasteiger partial charge in [0, 0.05) is 18.2 Å². The number of carbonyl (C=O) groups is 1. The molecule has 0 atom stereocenters. The van der Waals surface area contributed by atoms with E-state index in [0.29, 0.717) is 10.9 Å². The number of aryl methyl sites for hydroxylation is 1. The third-order valence-corrected chi connectivity index (χ3v) is 2.84. The highest BCUT2D eigenvalue weighted by molar-refractivity contribution is 6.29. The van der Waals surface area contributed by atoms with E-state index in [1.165, 1.54) is 21.8 Å². The summed E-state index contributed by atoms with van der Waals surface area (Å²) >= 11 is 5.78. The Morgan fingerprint density at radius 3 is 2.82 bits per heavy atom. The molecule has 2 rings (SSSR count). The molecule has 0 spiro atoms. The van der Waals surface area contributed by atoms with E-state index in [2.05, 4.69) is 25.7 Å². The number of nitrogens with one attached hydrogen (secondary N) is 1. The minimum atomic E-state index is -0.699. The highest BCUT2D eigenvalue weighted by Crippen LogP contribution is 2.08. The van der Waals surface area contributed by atoms with E-state index in [4.69, 9.17) is 11.6 Å². The summed E-state index contributed by atoms with van der Waals surface area (Å²) in [5.41, 5.74) is 2.90. The number of nitro groups is 1. The molecule has 12 heteroatoms. The van der Waals surface area contributed by atoms with Crippen molar-refractivity contribution in [3.8, 4) is 0 Å². The van der Waals surface area contributed by atoms with Gasteiger partial charge in [0.05, 0.1) is 12.3 Å². The van der Waals surface area contributed by atoms with Gasteiger partial charge in [-0.1, -0.05) is 16.6 Å². The van der Waals surface area contributed by atoms with Crippen LogP contribution < -0.4 is 5.43 Å². The van der Waals surface area contributed by atoms with Crippen LogP contribution in [-0.2, 0) is 13.6 Å². The van der Waals surface area contributed by atoms with Gasteiger partial charge in [-0.3, -0.25) is 9.48 Å². The van der Waals surface area contributed by atoms with Crippen molar-refractivity contribution in [2.45, 2.75) is 13.5 Å². The van der Waals surface area contributed by atoms with Gasteiger partial charge in [-0.15, -0.1) is 0 Å². The summed E-state index contributed by atoms with van der Waals surface area (Å²) in [4.78, 5) is 25.1. The number of carbonyl (C=O) groups excluding carboxylic acids is 1. The smallest absolute Gasteiger partial charge is 0.390 e. The molecule has 1 amide bonds. The van der Waals surface area contributed by atoms with Crippen molar-refractivity contribution >= 4 is 29.2 Å². The zero-order valence-corrected chi connectivity index (χ0v) is 12.4. The lowest BCUT2D eigenvalue weighted by Crippen LogP contribution is -2.21. The second-order valence-corrected chi connectivity index (χ2v) is 4.65. The normalized spacial score (nSPS) is 11.5. The average Bonchev–Trinajstić information content (AvgIpc) is 3.04. The third kappa shape index (κ3) is 3.63. The van der Waals surface area contributed by atoms with Crippen LogP contribution in [0, 0.1) is 10.1 Å². The minimum Gasteiger partial charge on any atom is -0.390 e. The van der Waals surface area contributed by atoms with E-state index < -0.39 is 16.8 Å². The second-order valence-electron chi connectivity index (χ2n) is 4.26. The van der Waals surface area contributed by atoms with E-state index in [0.717, 1.165) is 0 Å². The molecule has 11 nitrogen and oxygen atoms in total. The van der Waals surface area contributed by atoms with Gasteiger partial charge in [-0.2, -0.15) is 14.9 Å². The maximum atomic E-state index is 11.8. The molecular weight excluding hydrogens is 316 g/mol. The van der Waals surface area contributed by atoms with Crippen molar-refractivity contribution in [3.63, 3.8) is 0 Å². The van der Waals surface area contributed by atoms with Gasteiger partial charge in [0.25, 0.3) is 5.91 Å². The fraction of sp³-hybridized carbons (Fsp3) is 0.300. The van der Waals surface area contributed by atoms with Crippen LogP contribution in [0.25, 0.3) is 0 Å². The summed E-state index contributed by atoms with van der Waals surface area (Å²) in [5.74, 6) is -1.02. The van der Waals surface area contributed by atoms with Crippen LogP contribution in [0.3, 0.4) is 0 Å². The molecule has 116 valence electrons. The van der Waals surface area contributed by atoms with Crippen molar-refractivity contribution in [2.75, 3.05) is 0 Å². The monoisotopic (exact) mass is 326 g/mol. The lowest BCUT2D eigenvalue weighted by molar-refractivity contribution is -0.394. The van der Waals surface area contributed by atoms with Crippen molar-refractivity contribution in [2.24, 2.45) is 12.1 Å². The van der Waals surface area contributed by atoms with Gasteiger partial charge < -0.3 is 10.1 Å². The van der Waals surface area contributed by atoms with Gasteiger partial charge in [0.2, 0.25) is 6.33 Å². The number of rotatable bonds is 5. The number of hydrogen-bond acceptors (Lipinski definition) is 7. The lowest BCUT2D eigenvalue weighted by Gasteiger charge is -1.99. The van der Waals surface area contributed by atoms with E-state index in [1.54, 1.807) is 14.0 Å². The summed E-state index contributed by atoms with van der Waals surface area (Å²) in [6.45, 7) is 1.77. The summed E-state index contributed by atoms with van der Waals surface area (Å²) in [6, 6.07) is 1.41. The van der Waals surface area contributed by atoms with Crippen LogP contribution in [-0.4, -0.2) is 41.1 Å². The first-order valence-corrected chi connectivity index (χ1v) is 6.31. The number of aromatic nitrogens is 5. The maximum Gasteiger partial charge on any atom is 0.490 e. The van der Waals surface area contributed by atoms with E-state index in [-0.39, 0.29) is 12.2 Å². The molecule has 0 aliphatic heterocycles. The topological polar surface area (TPSA) is 133 Å². The molecule has 0 aliphatic rings. The largest absolute Gasteiger partial charge is 0.490 e. The molecular formula is C10H11ClN8O3. The molecule has 0 bridgehead atoms. The Morgan fingerprint density at radius 2 is 2.27 bits per heavy atom. The fourth-order valence-electron chi connectivity index (χ4n) is 1.47. The fourth-order valence-corrected chi connectivity index (χ4v) is 1.61. The molecule has 0 aliphatic carbocycles. The summed E-state index contributed by atoms with van der Waals surface area (Å²) in [5, 5.41) is 22.2. The van der Waals surface area contributed by atoms with Crippen LogP contribution in [0.1, 0.15) is 17.4 Å². The van der Waals surface area contributed by atoms with E-state index in [1.807, 2.05) is 0 Å². The standard InChI is InChI=1S/C10H11ClN8O3/c1-6(4-18-5-12-10(16-18)19(21)22)13-14-9(20)7-3-8(11)17(2)15-7/h3,5H,4H2,1-2H3,(H,14,20)/b13-6+. The zero-order valence-electron chi connectivity index (χ0n) is 11.6. The third-order valence-electron chi connectivity index (χ3n) is 2.48. The Balaban J connectivity index is 1.97. The van der Waals surface area contributed by atoms with Crippen molar-refractivity contribution in [1.29, 1.82) is 0 Å². The number of amides is 1. The van der Waals surface area contributed by atoms with Crippen LogP contribution in [0.4, 0.5) is 5.95 Å².